The van der Waals surface area contributed by atoms with Crippen molar-refractivity contribution in [3.8, 4) is 0 Å². The van der Waals surface area contributed by atoms with Crippen LogP contribution in [-0.4, -0.2) is 146 Å². The molecule has 2 heterocycles. The minimum atomic E-state index is -1.71. The van der Waals surface area contributed by atoms with Gasteiger partial charge >= 0.3 is 0 Å². The van der Waals surface area contributed by atoms with Crippen LogP contribution in [-0.2, 0) is 19.0 Å². The highest BCUT2D eigenvalue weighted by Crippen LogP contribution is 2.30. The largest absolute Gasteiger partial charge is 0.394 e. The van der Waals surface area contributed by atoms with Crippen LogP contribution in [0.15, 0.2) is 0 Å². The second-order valence-corrected chi connectivity index (χ2v) is 9.21. The highest BCUT2D eigenvalue weighted by molar-refractivity contribution is 7.99. The van der Waals surface area contributed by atoms with Gasteiger partial charge in [0.15, 0.2) is 12.5 Å². The van der Waals surface area contributed by atoms with E-state index in [0.29, 0.717) is 13.0 Å². The van der Waals surface area contributed by atoms with E-state index in [2.05, 4.69) is 12.6 Å². The topological polar surface area (TPSA) is 182 Å². The number of rotatable bonds is 12. The Morgan fingerprint density at radius 2 is 1.56 bits per heavy atom. The maximum absolute atomic E-state index is 10.7. The van der Waals surface area contributed by atoms with Crippen LogP contribution in [0.5, 0.6) is 0 Å². The number of hydroxylamine groups is 2. The van der Waals surface area contributed by atoms with Crippen molar-refractivity contribution in [1.29, 1.82) is 0 Å². The van der Waals surface area contributed by atoms with E-state index < -0.39 is 74.6 Å². The third kappa shape index (κ3) is 6.88. The summed E-state index contributed by atoms with van der Waals surface area (Å²) in [6.45, 7) is -0.865. The van der Waals surface area contributed by atoms with Crippen LogP contribution in [0.1, 0.15) is 6.42 Å². The van der Waals surface area contributed by atoms with Crippen LogP contribution in [0.4, 0.5) is 0 Å². The van der Waals surface area contributed by atoms with Crippen LogP contribution in [0.2, 0.25) is 0 Å². The molecule has 7 N–H and O–H groups in total. The average molecular weight is 506 g/mol. The summed E-state index contributed by atoms with van der Waals surface area (Å²) < 4.78 is 16.6. The lowest BCUT2D eigenvalue weighted by Crippen LogP contribution is -2.66. The molecule has 0 amide bonds. The molecule has 0 aliphatic carbocycles. The molecule has 0 spiro atoms. The minimum Gasteiger partial charge on any atom is -0.394 e. The number of aliphatic hydroxyl groups is 7. The van der Waals surface area contributed by atoms with Crippen LogP contribution < -0.4 is 0 Å². The van der Waals surface area contributed by atoms with Crippen LogP contribution in [0.3, 0.4) is 0 Å². The standard InChI is InChI=1S/C18H35NO11S2/c1-27-19(3-2-5-32-6-4-31)17-14(25)13(24)16(10(8-21)28-17)30-18-15(26)12(23)11(22)9(7-20)29-18/h9-18,20-26,31H,2-8H2,1H3/t9?,10?,11-,12?,13?,14-,15?,16+,17?,18-/m0/s1. The second-order valence-electron chi connectivity index (χ2n) is 7.54. The molecule has 6 unspecified atom stereocenters. The molecule has 2 fully saturated rings. The number of ether oxygens (including phenoxy) is 3. The zero-order chi connectivity index (χ0) is 23.8. The number of thiol groups is 1. The van der Waals surface area contributed by atoms with Crippen LogP contribution >= 0.6 is 24.4 Å². The highest BCUT2D eigenvalue weighted by Gasteiger charge is 2.51. The van der Waals surface area contributed by atoms with E-state index in [9.17, 15) is 35.7 Å². The molecule has 0 aromatic carbocycles. The van der Waals surface area contributed by atoms with Gasteiger partial charge in [0.05, 0.1) is 20.3 Å². The molecule has 14 heteroatoms. The summed E-state index contributed by atoms with van der Waals surface area (Å²) >= 11 is 5.87. The predicted octanol–water partition coefficient (Wildman–Crippen LogP) is -3.47. The van der Waals surface area contributed by atoms with Crippen LogP contribution in [0.25, 0.3) is 0 Å². The van der Waals surface area contributed by atoms with Gasteiger partial charge < -0.3 is 50.0 Å². The van der Waals surface area contributed by atoms with Crippen molar-refractivity contribution < 1.29 is 54.8 Å². The summed E-state index contributed by atoms with van der Waals surface area (Å²) in [5.41, 5.74) is 0. The van der Waals surface area contributed by atoms with Gasteiger partial charge in [-0.2, -0.15) is 29.5 Å². The first-order chi connectivity index (χ1) is 15.3. The fourth-order valence-electron chi connectivity index (χ4n) is 3.62. The molecular weight excluding hydrogens is 470 g/mol. The molecule has 0 aromatic rings. The average Bonchev–Trinajstić information content (AvgIpc) is 2.80. The predicted molar refractivity (Wildman–Crippen MR) is 116 cm³/mol. The van der Waals surface area contributed by atoms with E-state index in [1.807, 2.05) is 0 Å². The second kappa shape index (κ2) is 13.9. The first kappa shape index (κ1) is 28.5. The van der Waals surface area contributed by atoms with Crippen molar-refractivity contribution in [2.75, 3.05) is 44.1 Å². The van der Waals surface area contributed by atoms with Crippen molar-refractivity contribution in [1.82, 2.24) is 5.06 Å². The van der Waals surface area contributed by atoms with E-state index in [1.54, 1.807) is 11.8 Å². The van der Waals surface area contributed by atoms with E-state index in [4.69, 9.17) is 19.0 Å². The van der Waals surface area contributed by atoms with E-state index in [-0.39, 0.29) is 0 Å². The molecule has 2 aliphatic heterocycles. The fourth-order valence-corrected chi connectivity index (χ4v) is 4.67. The lowest BCUT2D eigenvalue weighted by atomic mass is 9.96. The van der Waals surface area contributed by atoms with Crippen molar-refractivity contribution >= 4 is 24.4 Å². The summed E-state index contributed by atoms with van der Waals surface area (Å²) in [7, 11) is 1.40. The molecule has 0 bridgehead atoms. The Kier molecular flexibility index (Phi) is 12.4. The number of hydrogen-bond donors (Lipinski definition) is 8. The molecule has 2 aliphatic rings. The van der Waals surface area contributed by atoms with Crippen molar-refractivity contribution in [2.24, 2.45) is 0 Å². The van der Waals surface area contributed by atoms with E-state index in [0.717, 1.165) is 17.3 Å². The third-order valence-corrected chi connectivity index (χ3v) is 7.00. The number of aliphatic hydroxyl groups excluding tert-OH is 7. The molecule has 2 saturated heterocycles. The van der Waals surface area contributed by atoms with E-state index >= 15 is 0 Å². The fraction of sp³-hybridized carbons (Fsp3) is 1.00. The first-order valence-electron chi connectivity index (χ1n) is 10.4. The van der Waals surface area contributed by atoms with Crippen molar-refractivity contribution in [3.05, 3.63) is 0 Å². The molecule has 0 aromatic heterocycles. The molecule has 10 atom stereocenters. The van der Waals surface area contributed by atoms with Gasteiger partial charge in [0.1, 0.15) is 48.8 Å². The number of hydrogen-bond acceptors (Lipinski definition) is 14. The Bertz CT molecular complexity index is 535. The Labute approximate surface area is 196 Å². The summed E-state index contributed by atoms with van der Waals surface area (Å²) in [5.74, 6) is 2.50. The maximum atomic E-state index is 10.7. The van der Waals surface area contributed by atoms with Gasteiger partial charge in [0.2, 0.25) is 0 Å². The summed E-state index contributed by atoms with van der Waals surface area (Å²) in [6.07, 6.45) is -13.7. The van der Waals surface area contributed by atoms with Crippen molar-refractivity contribution in [2.45, 2.75) is 67.8 Å². The van der Waals surface area contributed by atoms with Gasteiger partial charge in [-0.25, -0.2) is 0 Å². The normalized spacial score (nSPS) is 40.7. The smallest absolute Gasteiger partial charge is 0.187 e. The Morgan fingerprint density at radius 1 is 0.875 bits per heavy atom. The zero-order valence-corrected chi connectivity index (χ0v) is 19.5. The highest BCUT2D eigenvalue weighted by atomic mass is 32.2. The summed E-state index contributed by atoms with van der Waals surface area (Å²) in [6, 6.07) is 0. The molecule has 190 valence electrons. The van der Waals surface area contributed by atoms with Crippen LogP contribution in [0, 0.1) is 0 Å². The minimum absolute atomic E-state index is 0.390. The SMILES string of the molecule is CON(CCCSCCS)C1OC(CO)[C@@H](O[C@@H]2OC(CO)[C@H](O)C(O)C2O)C(O)[C@@H]1O. The first-order valence-corrected chi connectivity index (χ1v) is 12.2. The molecular formula is C18H35NO11S2. The van der Waals surface area contributed by atoms with Gasteiger partial charge in [-0.15, -0.1) is 0 Å². The van der Waals surface area contributed by atoms with Gasteiger partial charge in [0.25, 0.3) is 0 Å². The summed E-state index contributed by atoms with van der Waals surface area (Å²) in [5, 5.41) is 71.8. The maximum Gasteiger partial charge on any atom is 0.187 e. The zero-order valence-electron chi connectivity index (χ0n) is 17.8. The molecule has 0 saturated carbocycles. The van der Waals surface area contributed by atoms with Gasteiger partial charge in [-0.1, -0.05) is 0 Å². The summed E-state index contributed by atoms with van der Waals surface area (Å²) in [4.78, 5) is 5.30. The van der Waals surface area contributed by atoms with Gasteiger partial charge in [-0.05, 0) is 17.9 Å². The molecule has 32 heavy (non-hydrogen) atoms. The monoisotopic (exact) mass is 505 g/mol. The lowest BCUT2D eigenvalue weighted by Gasteiger charge is -2.47. The van der Waals surface area contributed by atoms with Gasteiger partial charge in [-0.3, -0.25) is 4.84 Å². The molecule has 2 rings (SSSR count). The Hall–Kier alpha value is 0.220. The molecule has 12 nitrogen and oxygen atoms in total. The van der Waals surface area contributed by atoms with E-state index in [1.165, 1.54) is 12.2 Å². The Morgan fingerprint density at radius 3 is 2.16 bits per heavy atom. The Balaban J connectivity index is 2.04. The quantitative estimate of drug-likeness (QED) is 0.0745. The lowest BCUT2D eigenvalue weighted by molar-refractivity contribution is -0.366. The number of thioether (sulfide) groups is 1. The van der Waals surface area contributed by atoms with Crippen molar-refractivity contribution in [3.63, 3.8) is 0 Å². The third-order valence-electron chi connectivity index (χ3n) is 5.40. The molecule has 0 radical (unpaired) electrons. The number of nitrogens with zero attached hydrogens (tertiary/aromatic N) is 1. The van der Waals surface area contributed by atoms with Gasteiger partial charge in [0, 0.05) is 12.3 Å².